The molecule has 0 radical (unpaired) electrons. The molecule has 26 heavy (non-hydrogen) atoms. The number of aromatic nitrogens is 1. The number of carbonyl (C=O) groups is 2. The summed E-state index contributed by atoms with van der Waals surface area (Å²) in [6, 6.07) is 12.0. The third-order valence-electron chi connectivity index (χ3n) is 3.40. The van der Waals surface area contributed by atoms with E-state index in [2.05, 4.69) is 15.6 Å². The highest BCUT2D eigenvalue weighted by molar-refractivity contribution is 7.14. The number of amides is 2. The molecule has 1 aromatic heterocycles. The standard InChI is InChI=1S/C18H13Cl2N3O2S/c1-10(24)21-13-5-2-11(3-6-13)16-9-26-18(22-16)23-17(25)14-7-4-12(19)8-15(14)20/h2-9H,1H3,(H,21,24)(H,22,23,25). The molecule has 0 spiro atoms. The molecule has 0 aliphatic heterocycles. The van der Waals surface area contributed by atoms with E-state index in [0.717, 1.165) is 11.3 Å². The maximum Gasteiger partial charge on any atom is 0.258 e. The van der Waals surface area contributed by atoms with E-state index in [1.54, 1.807) is 24.3 Å². The van der Waals surface area contributed by atoms with Crippen LogP contribution in [0.5, 0.6) is 0 Å². The van der Waals surface area contributed by atoms with Gasteiger partial charge >= 0.3 is 0 Å². The van der Waals surface area contributed by atoms with Crippen molar-refractivity contribution in [1.29, 1.82) is 0 Å². The maximum atomic E-state index is 12.3. The van der Waals surface area contributed by atoms with Gasteiger partial charge in [0.25, 0.3) is 5.91 Å². The molecule has 3 rings (SSSR count). The van der Waals surface area contributed by atoms with Gasteiger partial charge in [-0.2, -0.15) is 0 Å². The van der Waals surface area contributed by atoms with E-state index in [9.17, 15) is 9.59 Å². The topological polar surface area (TPSA) is 71.1 Å². The van der Waals surface area contributed by atoms with E-state index in [0.29, 0.717) is 21.4 Å². The Balaban J connectivity index is 1.73. The molecule has 0 fully saturated rings. The largest absolute Gasteiger partial charge is 0.326 e. The minimum Gasteiger partial charge on any atom is -0.326 e. The molecule has 132 valence electrons. The molecule has 5 nitrogen and oxygen atoms in total. The van der Waals surface area contributed by atoms with Gasteiger partial charge in [0.05, 0.1) is 16.3 Å². The fourth-order valence-corrected chi connectivity index (χ4v) is 3.44. The lowest BCUT2D eigenvalue weighted by atomic mass is 10.1. The van der Waals surface area contributed by atoms with Gasteiger partial charge in [0.15, 0.2) is 5.13 Å². The zero-order valence-electron chi connectivity index (χ0n) is 13.5. The molecule has 3 aromatic rings. The molecular weight excluding hydrogens is 393 g/mol. The van der Waals surface area contributed by atoms with Crippen molar-refractivity contribution in [3.63, 3.8) is 0 Å². The quantitative estimate of drug-likeness (QED) is 0.616. The third kappa shape index (κ3) is 4.40. The monoisotopic (exact) mass is 405 g/mol. The first-order chi connectivity index (χ1) is 12.4. The summed E-state index contributed by atoms with van der Waals surface area (Å²) in [5, 5.41) is 8.48. The van der Waals surface area contributed by atoms with Gasteiger partial charge in [-0.25, -0.2) is 4.98 Å². The lowest BCUT2D eigenvalue weighted by molar-refractivity contribution is -0.114. The van der Waals surface area contributed by atoms with Crippen LogP contribution in [0.15, 0.2) is 47.8 Å². The lowest BCUT2D eigenvalue weighted by Gasteiger charge is -2.04. The van der Waals surface area contributed by atoms with Crippen molar-refractivity contribution in [1.82, 2.24) is 4.98 Å². The van der Waals surface area contributed by atoms with E-state index >= 15 is 0 Å². The van der Waals surface area contributed by atoms with Crippen LogP contribution in [0.1, 0.15) is 17.3 Å². The molecule has 2 amide bonds. The molecule has 0 unspecified atom stereocenters. The number of nitrogens with one attached hydrogen (secondary N) is 2. The zero-order chi connectivity index (χ0) is 18.7. The van der Waals surface area contributed by atoms with Gasteiger partial charge in [-0.1, -0.05) is 35.3 Å². The van der Waals surface area contributed by atoms with Crippen molar-refractivity contribution >= 4 is 57.2 Å². The van der Waals surface area contributed by atoms with Crippen LogP contribution in [0.2, 0.25) is 10.0 Å². The number of nitrogens with zero attached hydrogens (tertiary/aromatic N) is 1. The van der Waals surface area contributed by atoms with Crippen LogP contribution in [0.3, 0.4) is 0 Å². The molecule has 0 saturated heterocycles. The van der Waals surface area contributed by atoms with Crippen molar-refractivity contribution in [3.05, 3.63) is 63.5 Å². The summed E-state index contributed by atoms with van der Waals surface area (Å²) in [6.45, 7) is 1.45. The first-order valence-corrected chi connectivity index (χ1v) is 9.16. The summed E-state index contributed by atoms with van der Waals surface area (Å²) in [6.07, 6.45) is 0. The number of benzene rings is 2. The third-order valence-corrected chi connectivity index (χ3v) is 4.71. The molecule has 0 aliphatic carbocycles. The zero-order valence-corrected chi connectivity index (χ0v) is 15.9. The molecular formula is C18H13Cl2N3O2S. The Bertz CT molecular complexity index is 971. The Kier molecular flexibility index (Phi) is 5.56. The summed E-state index contributed by atoms with van der Waals surface area (Å²) in [7, 11) is 0. The molecule has 1 heterocycles. The normalized spacial score (nSPS) is 10.4. The van der Waals surface area contributed by atoms with Crippen LogP contribution >= 0.6 is 34.5 Å². The van der Waals surface area contributed by atoms with E-state index < -0.39 is 0 Å². The summed E-state index contributed by atoms with van der Waals surface area (Å²) in [5.41, 5.74) is 2.64. The number of halogens is 2. The summed E-state index contributed by atoms with van der Waals surface area (Å²) in [4.78, 5) is 27.8. The second-order valence-corrected chi connectivity index (χ2v) is 7.08. The number of carbonyl (C=O) groups excluding carboxylic acids is 2. The van der Waals surface area contributed by atoms with Crippen LogP contribution in [0.4, 0.5) is 10.8 Å². The average Bonchev–Trinajstić information content (AvgIpc) is 3.03. The molecule has 8 heteroatoms. The average molecular weight is 406 g/mol. The van der Waals surface area contributed by atoms with Gasteiger partial charge in [0.2, 0.25) is 5.91 Å². The lowest BCUT2D eigenvalue weighted by Crippen LogP contribution is -2.12. The Hall–Kier alpha value is -2.41. The van der Waals surface area contributed by atoms with Crippen LogP contribution in [-0.4, -0.2) is 16.8 Å². The fourth-order valence-electron chi connectivity index (χ4n) is 2.23. The minimum absolute atomic E-state index is 0.128. The second-order valence-electron chi connectivity index (χ2n) is 5.37. The van der Waals surface area contributed by atoms with Crippen LogP contribution in [0.25, 0.3) is 11.3 Å². The number of hydrogen-bond donors (Lipinski definition) is 2. The number of anilines is 2. The SMILES string of the molecule is CC(=O)Nc1ccc(-c2csc(NC(=O)c3ccc(Cl)cc3Cl)n2)cc1. The van der Waals surface area contributed by atoms with Gasteiger partial charge < -0.3 is 5.32 Å². The Labute approximate surface area is 164 Å². The second kappa shape index (κ2) is 7.86. The Morgan fingerprint density at radius 1 is 1.04 bits per heavy atom. The van der Waals surface area contributed by atoms with Gasteiger partial charge in [-0.05, 0) is 30.3 Å². The molecule has 2 aromatic carbocycles. The van der Waals surface area contributed by atoms with Gasteiger partial charge in [-0.3, -0.25) is 14.9 Å². The van der Waals surface area contributed by atoms with Crippen molar-refractivity contribution in [2.45, 2.75) is 6.92 Å². The predicted molar refractivity (Wildman–Crippen MR) is 106 cm³/mol. The highest BCUT2D eigenvalue weighted by Crippen LogP contribution is 2.27. The van der Waals surface area contributed by atoms with Gasteiger partial charge in [-0.15, -0.1) is 11.3 Å². The van der Waals surface area contributed by atoms with Crippen LogP contribution in [0, 0.1) is 0 Å². The Morgan fingerprint density at radius 2 is 1.77 bits per heavy atom. The van der Waals surface area contributed by atoms with Crippen molar-refractivity contribution in [2.24, 2.45) is 0 Å². The molecule has 0 atom stereocenters. The van der Waals surface area contributed by atoms with Crippen LogP contribution < -0.4 is 10.6 Å². The van der Waals surface area contributed by atoms with Gasteiger partial charge in [0.1, 0.15) is 0 Å². The first kappa shape index (κ1) is 18.4. The fraction of sp³-hybridized carbons (Fsp3) is 0.0556. The molecule has 0 aliphatic rings. The van der Waals surface area contributed by atoms with E-state index in [4.69, 9.17) is 23.2 Å². The minimum atomic E-state index is -0.353. The van der Waals surface area contributed by atoms with Crippen molar-refractivity contribution < 1.29 is 9.59 Å². The summed E-state index contributed by atoms with van der Waals surface area (Å²) in [5.74, 6) is -0.481. The Morgan fingerprint density at radius 3 is 2.42 bits per heavy atom. The number of thiazole rings is 1. The number of rotatable bonds is 4. The maximum absolute atomic E-state index is 12.3. The highest BCUT2D eigenvalue weighted by Gasteiger charge is 2.13. The smallest absolute Gasteiger partial charge is 0.258 e. The highest BCUT2D eigenvalue weighted by atomic mass is 35.5. The first-order valence-electron chi connectivity index (χ1n) is 7.52. The predicted octanol–water partition coefficient (Wildman–Crippen LogP) is 5.33. The van der Waals surface area contributed by atoms with E-state index in [1.807, 2.05) is 17.5 Å². The van der Waals surface area contributed by atoms with Gasteiger partial charge in [0, 0.05) is 28.6 Å². The van der Waals surface area contributed by atoms with Crippen molar-refractivity contribution in [3.8, 4) is 11.3 Å². The van der Waals surface area contributed by atoms with E-state index in [1.165, 1.54) is 24.3 Å². The molecule has 2 N–H and O–H groups in total. The van der Waals surface area contributed by atoms with E-state index in [-0.39, 0.29) is 16.8 Å². The van der Waals surface area contributed by atoms with Crippen molar-refractivity contribution in [2.75, 3.05) is 10.6 Å². The summed E-state index contributed by atoms with van der Waals surface area (Å²) < 4.78 is 0. The number of hydrogen-bond acceptors (Lipinski definition) is 4. The van der Waals surface area contributed by atoms with Crippen LogP contribution in [-0.2, 0) is 4.79 Å². The molecule has 0 saturated carbocycles. The summed E-state index contributed by atoms with van der Waals surface area (Å²) >= 11 is 13.2. The molecule has 0 bridgehead atoms.